The smallest absolute Gasteiger partial charge is 0.248 e. The van der Waals surface area contributed by atoms with Crippen LogP contribution in [0.25, 0.3) is 0 Å². The number of primary amides is 1. The van der Waals surface area contributed by atoms with Crippen molar-refractivity contribution >= 4 is 23.4 Å². The van der Waals surface area contributed by atoms with Crippen molar-refractivity contribution in [3.63, 3.8) is 0 Å². The monoisotopic (exact) mass is 343 g/mol. The number of benzene rings is 2. The Kier molecular flexibility index (Phi) is 6.22. The van der Waals surface area contributed by atoms with E-state index in [9.17, 15) is 18.8 Å². The highest BCUT2D eigenvalue weighted by atomic mass is 19.1. The van der Waals surface area contributed by atoms with Gasteiger partial charge >= 0.3 is 0 Å². The first-order chi connectivity index (χ1) is 11.9. The first kappa shape index (κ1) is 18.1. The number of nitrogens with two attached hydrogens (primary N) is 1. The third kappa shape index (κ3) is 6.06. The average Bonchev–Trinajstić information content (AvgIpc) is 2.60. The maximum Gasteiger partial charge on any atom is 0.248 e. The third-order valence-electron chi connectivity index (χ3n) is 3.44. The normalized spacial score (nSPS) is 10.1. The van der Waals surface area contributed by atoms with Crippen LogP contribution in [0.1, 0.15) is 28.8 Å². The molecule has 0 aliphatic heterocycles. The van der Waals surface area contributed by atoms with Crippen molar-refractivity contribution in [1.29, 1.82) is 0 Å². The molecule has 0 spiro atoms. The summed E-state index contributed by atoms with van der Waals surface area (Å²) < 4.78 is 12.8. The molecule has 0 heterocycles. The molecule has 0 saturated heterocycles. The average molecular weight is 343 g/mol. The minimum absolute atomic E-state index is 0.0177. The summed E-state index contributed by atoms with van der Waals surface area (Å²) >= 11 is 0. The van der Waals surface area contributed by atoms with Gasteiger partial charge in [-0.05, 0) is 42.0 Å². The first-order valence-electron chi connectivity index (χ1n) is 7.65. The fourth-order valence-corrected chi connectivity index (χ4v) is 2.06. The minimum Gasteiger partial charge on any atom is -0.366 e. The van der Waals surface area contributed by atoms with Gasteiger partial charge in [0, 0.05) is 30.6 Å². The van der Waals surface area contributed by atoms with Gasteiger partial charge < -0.3 is 16.4 Å². The van der Waals surface area contributed by atoms with E-state index in [1.165, 1.54) is 24.3 Å². The molecule has 3 amide bonds. The maximum absolute atomic E-state index is 12.8. The predicted octanol–water partition coefficient (Wildman–Crippen LogP) is 1.96. The zero-order valence-electron chi connectivity index (χ0n) is 13.4. The van der Waals surface area contributed by atoms with Crippen LogP contribution >= 0.6 is 0 Å². The second-order valence-corrected chi connectivity index (χ2v) is 5.39. The summed E-state index contributed by atoms with van der Waals surface area (Å²) in [5, 5.41) is 5.28. The zero-order valence-corrected chi connectivity index (χ0v) is 13.4. The molecule has 0 aliphatic rings. The van der Waals surface area contributed by atoms with E-state index in [2.05, 4.69) is 10.6 Å². The summed E-state index contributed by atoms with van der Waals surface area (Å²) in [7, 11) is 0. The summed E-state index contributed by atoms with van der Waals surface area (Å²) in [6.07, 6.45) is 0.0518. The summed E-state index contributed by atoms with van der Waals surface area (Å²) in [5.41, 5.74) is 6.83. The number of carbonyl (C=O) groups excluding carboxylic acids is 3. The van der Waals surface area contributed by atoms with E-state index in [0.29, 0.717) is 11.3 Å². The van der Waals surface area contributed by atoms with Gasteiger partial charge in [-0.2, -0.15) is 0 Å². The Hall–Kier alpha value is -3.22. The lowest BCUT2D eigenvalue weighted by Crippen LogP contribution is -2.24. The highest BCUT2D eigenvalue weighted by Crippen LogP contribution is 2.09. The van der Waals surface area contributed by atoms with Crippen LogP contribution in [0.15, 0.2) is 48.5 Å². The second-order valence-electron chi connectivity index (χ2n) is 5.39. The van der Waals surface area contributed by atoms with Crippen molar-refractivity contribution in [2.45, 2.75) is 19.4 Å². The van der Waals surface area contributed by atoms with E-state index in [-0.39, 0.29) is 37.0 Å². The largest absolute Gasteiger partial charge is 0.366 e. The first-order valence-corrected chi connectivity index (χ1v) is 7.65. The number of hydrogen-bond acceptors (Lipinski definition) is 3. The Morgan fingerprint density at radius 2 is 1.48 bits per heavy atom. The van der Waals surface area contributed by atoms with Crippen molar-refractivity contribution in [3.8, 4) is 0 Å². The van der Waals surface area contributed by atoms with Crippen LogP contribution in [0.2, 0.25) is 0 Å². The Bertz CT molecular complexity index is 758. The molecule has 0 atom stereocenters. The number of amides is 3. The molecule has 0 saturated carbocycles. The molecule has 0 bridgehead atoms. The Labute approximate surface area is 144 Å². The molecule has 25 heavy (non-hydrogen) atoms. The molecule has 6 nitrogen and oxygen atoms in total. The number of halogens is 1. The van der Waals surface area contributed by atoms with E-state index >= 15 is 0 Å². The standard InChI is InChI=1S/C18H18FN3O3/c19-14-5-7-15(8-6-14)22-17(24)10-9-16(23)21-11-12-1-3-13(4-2-12)18(20)25/h1-8H,9-11H2,(H2,20,25)(H,21,23)(H,22,24). The highest BCUT2D eigenvalue weighted by molar-refractivity contribution is 5.93. The summed E-state index contributed by atoms with van der Waals surface area (Å²) in [6, 6.07) is 11.9. The lowest BCUT2D eigenvalue weighted by atomic mass is 10.1. The molecule has 4 N–H and O–H groups in total. The molecule has 0 aromatic heterocycles. The summed E-state index contributed by atoms with van der Waals surface area (Å²) in [6.45, 7) is 0.289. The van der Waals surface area contributed by atoms with Gasteiger partial charge in [0.1, 0.15) is 5.82 Å². The van der Waals surface area contributed by atoms with E-state index < -0.39 is 5.91 Å². The van der Waals surface area contributed by atoms with Gasteiger partial charge in [0.05, 0.1) is 0 Å². The molecule has 130 valence electrons. The molecular weight excluding hydrogens is 325 g/mol. The molecule has 2 rings (SSSR count). The number of anilines is 1. The number of carbonyl (C=O) groups is 3. The quantitative estimate of drug-likeness (QED) is 0.716. The van der Waals surface area contributed by atoms with Gasteiger partial charge in [0.25, 0.3) is 0 Å². The number of rotatable bonds is 7. The van der Waals surface area contributed by atoms with Gasteiger partial charge in [-0.3, -0.25) is 14.4 Å². The molecule has 0 aliphatic carbocycles. The second kappa shape index (κ2) is 8.58. The van der Waals surface area contributed by atoms with E-state index in [1.807, 2.05) is 0 Å². The Morgan fingerprint density at radius 3 is 2.08 bits per heavy atom. The van der Waals surface area contributed by atoms with Crippen LogP contribution in [0.5, 0.6) is 0 Å². The Balaban J connectivity index is 1.72. The number of hydrogen-bond donors (Lipinski definition) is 3. The maximum atomic E-state index is 12.8. The van der Waals surface area contributed by atoms with E-state index in [0.717, 1.165) is 5.56 Å². The molecule has 0 fully saturated rings. The predicted molar refractivity (Wildman–Crippen MR) is 91.1 cm³/mol. The number of nitrogens with one attached hydrogen (secondary N) is 2. The van der Waals surface area contributed by atoms with Gasteiger partial charge in [-0.25, -0.2) is 4.39 Å². The van der Waals surface area contributed by atoms with Crippen LogP contribution < -0.4 is 16.4 Å². The van der Waals surface area contributed by atoms with Crippen LogP contribution in [-0.2, 0) is 16.1 Å². The molecular formula is C18H18FN3O3. The Morgan fingerprint density at radius 1 is 0.880 bits per heavy atom. The lowest BCUT2D eigenvalue weighted by molar-refractivity contribution is -0.124. The van der Waals surface area contributed by atoms with E-state index in [4.69, 9.17) is 5.73 Å². The van der Waals surface area contributed by atoms with Crippen molar-refractivity contribution in [1.82, 2.24) is 5.32 Å². The SMILES string of the molecule is NC(=O)c1ccc(CNC(=O)CCC(=O)Nc2ccc(F)cc2)cc1. The minimum atomic E-state index is -0.511. The highest BCUT2D eigenvalue weighted by Gasteiger charge is 2.08. The fourth-order valence-electron chi connectivity index (χ4n) is 2.06. The van der Waals surface area contributed by atoms with Gasteiger partial charge in [-0.15, -0.1) is 0 Å². The van der Waals surface area contributed by atoms with Crippen molar-refractivity contribution in [2.75, 3.05) is 5.32 Å². The van der Waals surface area contributed by atoms with E-state index in [1.54, 1.807) is 24.3 Å². The van der Waals surface area contributed by atoms with Crippen LogP contribution in [-0.4, -0.2) is 17.7 Å². The van der Waals surface area contributed by atoms with Crippen LogP contribution in [0.3, 0.4) is 0 Å². The molecule has 7 heteroatoms. The molecule has 2 aromatic carbocycles. The summed E-state index contributed by atoms with van der Waals surface area (Å²) in [4.78, 5) is 34.5. The molecule has 0 unspecified atom stereocenters. The summed E-state index contributed by atoms with van der Waals surface area (Å²) in [5.74, 6) is -1.50. The topological polar surface area (TPSA) is 101 Å². The lowest BCUT2D eigenvalue weighted by Gasteiger charge is -2.07. The van der Waals surface area contributed by atoms with Crippen molar-refractivity contribution in [3.05, 3.63) is 65.5 Å². The molecule has 0 radical (unpaired) electrons. The van der Waals surface area contributed by atoms with Gasteiger partial charge in [-0.1, -0.05) is 12.1 Å². The molecule has 2 aromatic rings. The van der Waals surface area contributed by atoms with Crippen LogP contribution in [0.4, 0.5) is 10.1 Å². The third-order valence-corrected chi connectivity index (χ3v) is 3.44. The van der Waals surface area contributed by atoms with Gasteiger partial charge in [0.15, 0.2) is 0 Å². The van der Waals surface area contributed by atoms with Gasteiger partial charge in [0.2, 0.25) is 17.7 Å². The fraction of sp³-hybridized carbons (Fsp3) is 0.167. The van der Waals surface area contributed by atoms with Crippen molar-refractivity contribution < 1.29 is 18.8 Å². The van der Waals surface area contributed by atoms with Crippen LogP contribution in [0, 0.1) is 5.82 Å². The zero-order chi connectivity index (χ0) is 18.2. The van der Waals surface area contributed by atoms with Crippen molar-refractivity contribution in [2.24, 2.45) is 5.73 Å².